The standard InChI is InChI=1S/C18H27N3O4/c1-18(2,3)20-17(23)12-21(4)11-16(22)19-13-6-7-14-15(10-13)25-9-5-8-24-14/h6-7,10H,5,8-9,11-12H2,1-4H3,(H,19,22)(H,20,23)/p+1. The number of nitrogens with one attached hydrogen (secondary N) is 3. The number of hydrogen-bond acceptors (Lipinski definition) is 4. The van der Waals surface area contributed by atoms with E-state index < -0.39 is 0 Å². The van der Waals surface area contributed by atoms with Crippen LogP contribution in [0.2, 0.25) is 0 Å². The molecule has 1 unspecified atom stereocenters. The van der Waals surface area contributed by atoms with E-state index >= 15 is 0 Å². The SMILES string of the molecule is C[NH+](CC(=O)Nc1ccc2c(c1)OCCCO2)CC(=O)NC(C)(C)C. The molecule has 0 aromatic heterocycles. The number of quaternary nitrogens is 1. The molecule has 1 heterocycles. The highest BCUT2D eigenvalue weighted by atomic mass is 16.5. The highest BCUT2D eigenvalue weighted by Crippen LogP contribution is 2.32. The first-order valence-electron chi connectivity index (χ1n) is 8.55. The molecular formula is C18H28N3O4+. The predicted molar refractivity (Wildman–Crippen MR) is 95.2 cm³/mol. The Hall–Kier alpha value is -2.28. The van der Waals surface area contributed by atoms with Crippen molar-refractivity contribution in [2.24, 2.45) is 0 Å². The van der Waals surface area contributed by atoms with Crippen LogP contribution in [-0.2, 0) is 9.59 Å². The van der Waals surface area contributed by atoms with Gasteiger partial charge in [-0.15, -0.1) is 0 Å². The second-order valence-electron chi connectivity index (χ2n) is 7.37. The lowest BCUT2D eigenvalue weighted by molar-refractivity contribution is -0.862. The molecule has 2 amide bonds. The first kappa shape index (κ1) is 19.1. The van der Waals surface area contributed by atoms with Crippen LogP contribution in [0.15, 0.2) is 18.2 Å². The van der Waals surface area contributed by atoms with Gasteiger partial charge < -0.3 is 25.0 Å². The third-order valence-corrected chi connectivity index (χ3v) is 3.47. The minimum atomic E-state index is -0.274. The van der Waals surface area contributed by atoms with Crippen LogP contribution in [0.1, 0.15) is 27.2 Å². The van der Waals surface area contributed by atoms with Gasteiger partial charge in [-0.2, -0.15) is 0 Å². The molecule has 0 saturated carbocycles. The summed E-state index contributed by atoms with van der Waals surface area (Å²) in [7, 11) is 1.82. The molecular weight excluding hydrogens is 322 g/mol. The van der Waals surface area contributed by atoms with Crippen LogP contribution in [0.25, 0.3) is 0 Å². The van der Waals surface area contributed by atoms with E-state index in [2.05, 4.69) is 10.6 Å². The van der Waals surface area contributed by atoms with Crippen LogP contribution < -0.4 is 25.0 Å². The van der Waals surface area contributed by atoms with Gasteiger partial charge in [-0.25, -0.2) is 0 Å². The average molecular weight is 350 g/mol. The first-order valence-corrected chi connectivity index (χ1v) is 8.55. The largest absolute Gasteiger partial charge is 0.490 e. The molecule has 25 heavy (non-hydrogen) atoms. The van der Waals surface area contributed by atoms with Gasteiger partial charge in [-0.3, -0.25) is 9.59 Å². The van der Waals surface area contributed by atoms with E-state index in [0.29, 0.717) is 30.4 Å². The van der Waals surface area contributed by atoms with Crippen LogP contribution in [0.4, 0.5) is 5.69 Å². The summed E-state index contributed by atoms with van der Waals surface area (Å²) in [6.45, 7) is 7.45. The number of anilines is 1. The molecule has 0 aliphatic carbocycles. The topological polar surface area (TPSA) is 81.1 Å². The zero-order chi connectivity index (χ0) is 18.4. The molecule has 2 rings (SSSR count). The third-order valence-electron chi connectivity index (χ3n) is 3.47. The van der Waals surface area contributed by atoms with E-state index in [-0.39, 0.29) is 30.4 Å². The summed E-state index contributed by atoms with van der Waals surface area (Å²) in [5, 5.41) is 5.73. The van der Waals surface area contributed by atoms with Crippen molar-refractivity contribution < 1.29 is 24.0 Å². The Morgan fingerprint density at radius 3 is 2.40 bits per heavy atom. The number of carbonyl (C=O) groups excluding carboxylic acids is 2. The fraction of sp³-hybridized carbons (Fsp3) is 0.556. The number of benzene rings is 1. The molecule has 3 N–H and O–H groups in total. The van der Waals surface area contributed by atoms with Gasteiger partial charge in [0.2, 0.25) is 0 Å². The van der Waals surface area contributed by atoms with Crippen LogP contribution in [0.5, 0.6) is 11.5 Å². The number of ether oxygens (including phenoxy) is 2. The molecule has 0 radical (unpaired) electrons. The summed E-state index contributed by atoms with van der Waals surface area (Å²) in [6.07, 6.45) is 0.834. The summed E-state index contributed by atoms with van der Waals surface area (Å²) in [6, 6.07) is 5.34. The third kappa shape index (κ3) is 6.62. The second-order valence-corrected chi connectivity index (χ2v) is 7.37. The lowest BCUT2D eigenvalue weighted by Gasteiger charge is -2.21. The van der Waals surface area contributed by atoms with Crippen molar-refractivity contribution in [2.45, 2.75) is 32.7 Å². The van der Waals surface area contributed by atoms with Gasteiger partial charge in [-0.05, 0) is 32.9 Å². The van der Waals surface area contributed by atoms with E-state index in [0.717, 1.165) is 11.3 Å². The first-order chi connectivity index (χ1) is 11.7. The number of rotatable bonds is 5. The van der Waals surface area contributed by atoms with Crippen LogP contribution in [-0.4, -0.2) is 50.7 Å². The Labute approximate surface area is 148 Å². The maximum atomic E-state index is 12.2. The van der Waals surface area contributed by atoms with E-state index in [4.69, 9.17) is 9.47 Å². The Balaban J connectivity index is 1.85. The summed E-state index contributed by atoms with van der Waals surface area (Å²) in [4.78, 5) is 24.9. The van der Waals surface area contributed by atoms with Gasteiger partial charge in [-0.1, -0.05) is 0 Å². The van der Waals surface area contributed by atoms with E-state index in [9.17, 15) is 9.59 Å². The number of carbonyl (C=O) groups is 2. The van der Waals surface area contributed by atoms with Gasteiger partial charge >= 0.3 is 0 Å². The lowest BCUT2D eigenvalue weighted by Crippen LogP contribution is -3.11. The predicted octanol–water partition coefficient (Wildman–Crippen LogP) is 0.216. The van der Waals surface area contributed by atoms with E-state index in [1.807, 2.05) is 27.8 Å². The van der Waals surface area contributed by atoms with E-state index in [1.165, 1.54) is 0 Å². The molecule has 1 aromatic carbocycles. The number of amides is 2. The van der Waals surface area contributed by atoms with Crippen molar-refractivity contribution in [2.75, 3.05) is 38.7 Å². The Morgan fingerprint density at radius 2 is 1.72 bits per heavy atom. The van der Waals surface area contributed by atoms with Gasteiger partial charge in [0.1, 0.15) is 0 Å². The summed E-state index contributed by atoms with van der Waals surface area (Å²) >= 11 is 0. The fourth-order valence-corrected chi connectivity index (χ4v) is 2.52. The lowest BCUT2D eigenvalue weighted by atomic mass is 10.1. The number of likely N-dealkylation sites (N-methyl/N-ethyl adjacent to an activating group) is 1. The fourth-order valence-electron chi connectivity index (χ4n) is 2.52. The molecule has 0 spiro atoms. The van der Waals surface area contributed by atoms with Gasteiger partial charge in [0.25, 0.3) is 11.8 Å². The molecule has 1 aliphatic heterocycles. The van der Waals surface area contributed by atoms with Crippen LogP contribution in [0.3, 0.4) is 0 Å². The molecule has 0 saturated heterocycles. The Kier molecular flexibility index (Phi) is 6.25. The molecule has 138 valence electrons. The molecule has 0 bridgehead atoms. The maximum Gasteiger partial charge on any atom is 0.279 e. The van der Waals surface area contributed by atoms with Crippen molar-refractivity contribution in [3.63, 3.8) is 0 Å². The number of fused-ring (bicyclic) bond motifs is 1. The van der Waals surface area contributed by atoms with Gasteiger partial charge in [0.15, 0.2) is 24.6 Å². The molecule has 1 atom stereocenters. The minimum Gasteiger partial charge on any atom is -0.490 e. The number of hydrogen-bond donors (Lipinski definition) is 3. The second kappa shape index (κ2) is 8.20. The van der Waals surface area contributed by atoms with Gasteiger partial charge in [0, 0.05) is 23.7 Å². The Bertz CT molecular complexity index is 625. The van der Waals surface area contributed by atoms with Gasteiger partial charge in [0.05, 0.1) is 20.3 Å². The molecule has 7 nitrogen and oxygen atoms in total. The van der Waals surface area contributed by atoms with Crippen LogP contribution >= 0.6 is 0 Å². The summed E-state index contributed by atoms with van der Waals surface area (Å²) in [5.41, 5.74) is 0.380. The van der Waals surface area contributed by atoms with Crippen molar-refractivity contribution in [3.05, 3.63) is 18.2 Å². The highest BCUT2D eigenvalue weighted by Gasteiger charge is 2.19. The van der Waals surface area contributed by atoms with Crippen LogP contribution in [0, 0.1) is 0 Å². The summed E-state index contributed by atoms with van der Waals surface area (Å²) in [5.74, 6) is 1.10. The molecule has 7 heteroatoms. The Morgan fingerprint density at radius 1 is 1.08 bits per heavy atom. The monoisotopic (exact) mass is 350 g/mol. The quantitative estimate of drug-likeness (QED) is 0.709. The van der Waals surface area contributed by atoms with Crippen molar-refractivity contribution in [1.29, 1.82) is 0 Å². The molecule has 1 aromatic rings. The summed E-state index contributed by atoms with van der Waals surface area (Å²) < 4.78 is 11.2. The van der Waals surface area contributed by atoms with E-state index in [1.54, 1.807) is 18.2 Å². The smallest absolute Gasteiger partial charge is 0.279 e. The zero-order valence-corrected chi connectivity index (χ0v) is 15.4. The molecule has 1 aliphatic rings. The van der Waals surface area contributed by atoms with Crippen molar-refractivity contribution in [1.82, 2.24) is 5.32 Å². The minimum absolute atomic E-state index is 0.0756. The maximum absolute atomic E-state index is 12.2. The van der Waals surface area contributed by atoms with Crippen molar-refractivity contribution >= 4 is 17.5 Å². The molecule has 0 fully saturated rings. The van der Waals surface area contributed by atoms with Crippen molar-refractivity contribution in [3.8, 4) is 11.5 Å². The normalized spacial score (nSPS) is 15.0. The highest BCUT2D eigenvalue weighted by molar-refractivity contribution is 5.92. The zero-order valence-electron chi connectivity index (χ0n) is 15.4. The average Bonchev–Trinajstić information content (AvgIpc) is 2.69.